The minimum Gasteiger partial charge on any atom is -0.511 e. The summed E-state index contributed by atoms with van der Waals surface area (Å²) in [5, 5.41) is 43.6. The second kappa shape index (κ2) is 6.14. The Bertz CT molecular complexity index is 1290. The van der Waals surface area contributed by atoms with Gasteiger partial charge in [-0.2, -0.15) is 0 Å². The van der Waals surface area contributed by atoms with Crippen LogP contribution in [0.3, 0.4) is 0 Å². The van der Waals surface area contributed by atoms with Crippen LogP contribution in [0.25, 0.3) is 10.9 Å². The number of fused-ring (bicyclic) bond motifs is 4. The highest BCUT2D eigenvalue weighted by Gasteiger charge is 2.59. The van der Waals surface area contributed by atoms with Crippen molar-refractivity contribution in [3.63, 3.8) is 0 Å². The van der Waals surface area contributed by atoms with E-state index in [0.717, 1.165) is 0 Å². The molecule has 0 saturated heterocycles. The molecule has 9 nitrogen and oxygen atoms in total. The number of carbonyl (C=O) groups excluding carboxylic acids is 3. The molecule has 5 rings (SSSR count). The summed E-state index contributed by atoms with van der Waals surface area (Å²) in [6.07, 6.45) is 1.60. The monoisotopic (exact) mass is 422 g/mol. The lowest BCUT2D eigenvalue weighted by Gasteiger charge is -2.45. The number of pyridine rings is 1. The Balaban J connectivity index is 1.72. The fourth-order valence-electron chi connectivity index (χ4n) is 5.21. The second-order valence-corrected chi connectivity index (χ2v) is 8.25. The van der Waals surface area contributed by atoms with Gasteiger partial charge in [-0.25, -0.2) is 0 Å². The number of aliphatic hydroxyl groups is 3. The zero-order chi connectivity index (χ0) is 22.2. The van der Waals surface area contributed by atoms with E-state index in [1.807, 2.05) is 0 Å². The Morgan fingerprint density at radius 1 is 1.19 bits per heavy atom. The molecule has 6 N–H and O–H groups in total. The number of hydrogen-bond acceptors (Lipinski definition) is 8. The molecule has 0 aliphatic heterocycles. The topological polar surface area (TPSA) is 171 Å². The third kappa shape index (κ3) is 2.35. The second-order valence-electron chi connectivity index (χ2n) is 8.25. The van der Waals surface area contributed by atoms with Gasteiger partial charge in [0.15, 0.2) is 17.1 Å². The van der Waals surface area contributed by atoms with Crippen LogP contribution in [0.4, 0.5) is 0 Å². The molecule has 0 radical (unpaired) electrons. The molecule has 0 spiro atoms. The average molecular weight is 422 g/mol. The molecule has 3 aliphatic rings. The lowest BCUT2D eigenvalue weighted by molar-refractivity contribution is -0.144. The van der Waals surface area contributed by atoms with Gasteiger partial charge in [0.05, 0.1) is 5.56 Å². The van der Waals surface area contributed by atoms with Crippen LogP contribution in [0.2, 0.25) is 0 Å². The highest BCUT2D eigenvalue weighted by atomic mass is 16.3. The lowest BCUT2D eigenvalue weighted by atomic mass is 9.60. The van der Waals surface area contributed by atoms with Crippen molar-refractivity contribution in [3.05, 3.63) is 58.2 Å². The van der Waals surface area contributed by atoms with E-state index in [1.54, 1.807) is 18.2 Å². The first-order chi connectivity index (χ1) is 14.7. The van der Waals surface area contributed by atoms with Crippen molar-refractivity contribution < 1.29 is 34.8 Å². The standard InChI is InChI=1S/C22H18N2O7/c23-21(30)15-12(25)7-11-6-10-5-9-4-8-2-1-3-24-16(8)18(27)13(9)17(26)14(10)19(28)22(11,31)20(15)29/h1-4,10-11,25,27-28,31H,5-7H2,(H2,23,30)/t10?,11-,22-/m0/s1. The molecule has 0 fully saturated rings. The molecule has 2 aromatic rings. The highest BCUT2D eigenvalue weighted by molar-refractivity contribution is 6.24. The quantitative estimate of drug-likeness (QED) is 0.426. The minimum absolute atomic E-state index is 0.0391. The summed E-state index contributed by atoms with van der Waals surface area (Å²) in [7, 11) is 0. The van der Waals surface area contributed by atoms with Gasteiger partial charge in [0.1, 0.15) is 22.6 Å². The third-order valence-electron chi connectivity index (χ3n) is 6.62. The molecule has 0 bridgehead atoms. The van der Waals surface area contributed by atoms with E-state index in [1.165, 1.54) is 6.20 Å². The summed E-state index contributed by atoms with van der Waals surface area (Å²) in [6, 6.07) is 5.21. The number of nitrogens with zero attached hydrogens (tertiary/aromatic N) is 1. The zero-order valence-corrected chi connectivity index (χ0v) is 16.1. The molecule has 158 valence electrons. The van der Waals surface area contributed by atoms with Crippen molar-refractivity contribution in [3.8, 4) is 5.75 Å². The van der Waals surface area contributed by atoms with Crippen LogP contribution in [0.15, 0.2) is 47.1 Å². The number of hydrogen-bond donors (Lipinski definition) is 5. The number of carbonyl (C=O) groups is 3. The summed E-state index contributed by atoms with van der Waals surface area (Å²) in [4.78, 5) is 42.0. The predicted octanol–water partition coefficient (Wildman–Crippen LogP) is 1.13. The maximum atomic E-state index is 13.3. The molecule has 1 heterocycles. The molecular formula is C22H18N2O7. The largest absolute Gasteiger partial charge is 0.511 e. The summed E-state index contributed by atoms with van der Waals surface area (Å²) in [5.41, 5.74) is 2.40. The highest BCUT2D eigenvalue weighted by Crippen LogP contribution is 2.51. The van der Waals surface area contributed by atoms with E-state index in [9.17, 15) is 34.8 Å². The van der Waals surface area contributed by atoms with Crippen LogP contribution in [-0.2, 0) is 16.0 Å². The Morgan fingerprint density at radius 2 is 1.94 bits per heavy atom. The number of allylic oxidation sites excluding steroid dienone is 2. The van der Waals surface area contributed by atoms with Crippen molar-refractivity contribution in [1.29, 1.82) is 0 Å². The number of rotatable bonds is 1. The molecule has 1 amide bonds. The van der Waals surface area contributed by atoms with Gasteiger partial charge in [-0.05, 0) is 36.5 Å². The van der Waals surface area contributed by atoms with Gasteiger partial charge in [-0.1, -0.05) is 6.07 Å². The SMILES string of the molecule is NC(=O)C1=C(O)C[C@@H]2CC3Cc4cc5cccnc5c(O)c4C(=O)C3=C(O)[C@]2(O)C1=O. The molecule has 31 heavy (non-hydrogen) atoms. The smallest absolute Gasteiger partial charge is 0.255 e. The fourth-order valence-corrected chi connectivity index (χ4v) is 5.21. The number of aromatic hydroxyl groups is 1. The zero-order valence-electron chi connectivity index (χ0n) is 16.1. The molecule has 9 heteroatoms. The van der Waals surface area contributed by atoms with Crippen LogP contribution in [0.1, 0.15) is 28.8 Å². The first kappa shape index (κ1) is 19.3. The van der Waals surface area contributed by atoms with Crippen molar-refractivity contribution in [1.82, 2.24) is 4.98 Å². The van der Waals surface area contributed by atoms with Crippen LogP contribution < -0.4 is 5.73 Å². The molecule has 3 atom stereocenters. The molecular weight excluding hydrogens is 404 g/mol. The maximum Gasteiger partial charge on any atom is 0.255 e. The van der Waals surface area contributed by atoms with Gasteiger partial charge in [0.2, 0.25) is 5.78 Å². The maximum absolute atomic E-state index is 13.3. The lowest BCUT2D eigenvalue weighted by Crippen LogP contribution is -2.57. The van der Waals surface area contributed by atoms with Gasteiger partial charge >= 0.3 is 0 Å². The Kier molecular flexibility index (Phi) is 3.82. The summed E-state index contributed by atoms with van der Waals surface area (Å²) >= 11 is 0. The van der Waals surface area contributed by atoms with E-state index in [4.69, 9.17) is 5.73 Å². The number of benzene rings is 1. The summed E-state index contributed by atoms with van der Waals surface area (Å²) in [5.74, 6) is -6.41. The summed E-state index contributed by atoms with van der Waals surface area (Å²) < 4.78 is 0. The van der Waals surface area contributed by atoms with Gasteiger partial charge in [0.25, 0.3) is 5.91 Å². The predicted molar refractivity (Wildman–Crippen MR) is 106 cm³/mol. The number of primary amides is 1. The first-order valence-electron chi connectivity index (χ1n) is 9.73. The number of amides is 1. The fraction of sp³-hybridized carbons (Fsp3) is 0.273. The van der Waals surface area contributed by atoms with E-state index in [0.29, 0.717) is 10.9 Å². The van der Waals surface area contributed by atoms with Gasteiger partial charge in [-0.3, -0.25) is 19.4 Å². The van der Waals surface area contributed by atoms with E-state index < -0.39 is 52.0 Å². The normalized spacial score (nSPS) is 27.8. The van der Waals surface area contributed by atoms with Crippen LogP contribution in [0.5, 0.6) is 5.75 Å². The summed E-state index contributed by atoms with van der Waals surface area (Å²) in [6.45, 7) is 0. The average Bonchev–Trinajstić information content (AvgIpc) is 2.70. The van der Waals surface area contributed by atoms with Crippen molar-refractivity contribution in [2.75, 3.05) is 0 Å². The van der Waals surface area contributed by atoms with E-state index >= 15 is 0 Å². The first-order valence-corrected chi connectivity index (χ1v) is 9.73. The van der Waals surface area contributed by atoms with Gasteiger partial charge in [-0.15, -0.1) is 0 Å². The third-order valence-corrected chi connectivity index (χ3v) is 6.62. The number of aliphatic hydroxyl groups excluding tert-OH is 2. The number of phenolic OH excluding ortho intramolecular Hbond substituents is 1. The van der Waals surface area contributed by atoms with Gasteiger partial charge in [0, 0.05) is 29.5 Å². The number of aromatic nitrogens is 1. The van der Waals surface area contributed by atoms with Crippen molar-refractivity contribution in [2.45, 2.75) is 24.9 Å². The van der Waals surface area contributed by atoms with Crippen molar-refractivity contribution in [2.24, 2.45) is 17.6 Å². The van der Waals surface area contributed by atoms with Crippen molar-refractivity contribution >= 4 is 28.4 Å². The number of phenols is 1. The number of ketones is 2. The van der Waals surface area contributed by atoms with Crippen LogP contribution >= 0.6 is 0 Å². The minimum atomic E-state index is -2.56. The Labute approximate surface area is 175 Å². The molecule has 1 aromatic heterocycles. The molecule has 0 saturated carbocycles. The molecule has 1 aromatic carbocycles. The molecule has 3 aliphatic carbocycles. The van der Waals surface area contributed by atoms with Crippen LogP contribution in [-0.4, -0.2) is 48.5 Å². The van der Waals surface area contributed by atoms with E-state index in [2.05, 4.69) is 4.98 Å². The Morgan fingerprint density at radius 3 is 2.65 bits per heavy atom. The number of nitrogens with two attached hydrogens (primary N) is 1. The van der Waals surface area contributed by atoms with Gasteiger partial charge < -0.3 is 26.2 Å². The molecule has 1 unspecified atom stereocenters. The Hall–Kier alpha value is -3.72. The van der Waals surface area contributed by atoms with Crippen LogP contribution in [0, 0.1) is 11.8 Å². The number of Topliss-reactive ketones (excluding diaryl/α,β-unsaturated/α-hetero) is 2. The van der Waals surface area contributed by atoms with E-state index in [-0.39, 0.29) is 41.7 Å².